The second kappa shape index (κ2) is 2.20. The standard InChI is InChI=1S/C8H8FN3/c1-12-4-11-7-3-5(10)2-6(9)8(7)12/h2-4H,10H2,1H3. The van der Waals surface area contributed by atoms with Gasteiger partial charge >= 0.3 is 0 Å². The van der Waals surface area contributed by atoms with Gasteiger partial charge in [-0.15, -0.1) is 0 Å². The van der Waals surface area contributed by atoms with E-state index in [2.05, 4.69) is 4.98 Å². The fraction of sp³-hybridized carbons (Fsp3) is 0.125. The van der Waals surface area contributed by atoms with E-state index in [1.807, 2.05) is 0 Å². The van der Waals surface area contributed by atoms with Gasteiger partial charge in [0.25, 0.3) is 0 Å². The molecule has 0 spiro atoms. The summed E-state index contributed by atoms with van der Waals surface area (Å²) in [6.45, 7) is 0. The molecule has 1 heterocycles. The fourth-order valence-corrected chi connectivity index (χ4v) is 1.26. The molecule has 12 heavy (non-hydrogen) atoms. The van der Waals surface area contributed by atoms with Crippen LogP contribution < -0.4 is 5.73 Å². The van der Waals surface area contributed by atoms with E-state index in [0.29, 0.717) is 16.7 Å². The van der Waals surface area contributed by atoms with Gasteiger partial charge in [-0.2, -0.15) is 0 Å². The molecule has 1 aromatic heterocycles. The van der Waals surface area contributed by atoms with Crippen molar-refractivity contribution in [2.24, 2.45) is 7.05 Å². The number of rotatable bonds is 0. The highest BCUT2D eigenvalue weighted by Gasteiger charge is 2.06. The molecule has 0 unspecified atom stereocenters. The third kappa shape index (κ3) is 0.845. The summed E-state index contributed by atoms with van der Waals surface area (Å²) in [6, 6.07) is 2.95. The molecule has 0 radical (unpaired) electrons. The summed E-state index contributed by atoms with van der Waals surface area (Å²) in [7, 11) is 1.74. The molecule has 0 saturated heterocycles. The highest BCUT2D eigenvalue weighted by molar-refractivity contribution is 5.79. The van der Waals surface area contributed by atoms with Crippen LogP contribution in [0.5, 0.6) is 0 Å². The quantitative estimate of drug-likeness (QED) is 0.598. The van der Waals surface area contributed by atoms with E-state index in [9.17, 15) is 4.39 Å². The number of nitrogens with zero attached hydrogens (tertiary/aromatic N) is 2. The minimum Gasteiger partial charge on any atom is -0.399 e. The van der Waals surface area contributed by atoms with Gasteiger partial charge < -0.3 is 10.3 Å². The van der Waals surface area contributed by atoms with E-state index in [1.165, 1.54) is 6.07 Å². The Bertz CT molecular complexity index is 433. The van der Waals surface area contributed by atoms with E-state index in [-0.39, 0.29) is 5.82 Å². The van der Waals surface area contributed by atoms with Crippen molar-refractivity contribution in [1.82, 2.24) is 9.55 Å². The summed E-state index contributed by atoms with van der Waals surface area (Å²) in [5, 5.41) is 0. The molecular formula is C8H8FN3. The first-order valence-electron chi connectivity index (χ1n) is 3.54. The Labute approximate surface area is 68.6 Å². The van der Waals surface area contributed by atoms with Gasteiger partial charge in [0.15, 0.2) is 5.82 Å². The summed E-state index contributed by atoms with van der Waals surface area (Å²) in [5.74, 6) is -0.329. The summed E-state index contributed by atoms with van der Waals surface area (Å²) < 4.78 is 14.8. The van der Waals surface area contributed by atoms with Crippen LogP contribution in [0.2, 0.25) is 0 Å². The minimum atomic E-state index is -0.329. The van der Waals surface area contributed by atoms with Crippen molar-refractivity contribution in [2.45, 2.75) is 0 Å². The van der Waals surface area contributed by atoms with E-state index in [0.717, 1.165) is 0 Å². The van der Waals surface area contributed by atoms with Crippen LogP contribution in [0.3, 0.4) is 0 Å². The van der Waals surface area contributed by atoms with Crippen molar-refractivity contribution < 1.29 is 4.39 Å². The van der Waals surface area contributed by atoms with Gasteiger partial charge in [0.1, 0.15) is 5.52 Å². The lowest BCUT2D eigenvalue weighted by Crippen LogP contribution is -1.91. The number of aryl methyl sites for hydroxylation is 1. The van der Waals surface area contributed by atoms with Crippen LogP contribution in [0.4, 0.5) is 10.1 Å². The number of benzene rings is 1. The molecule has 0 aliphatic rings. The first-order valence-corrected chi connectivity index (χ1v) is 3.54. The molecule has 2 N–H and O–H groups in total. The topological polar surface area (TPSA) is 43.8 Å². The van der Waals surface area contributed by atoms with Gasteiger partial charge in [-0.05, 0) is 12.1 Å². The zero-order valence-electron chi connectivity index (χ0n) is 6.58. The Kier molecular flexibility index (Phi) is 1.30. The molecule has 0 aliphatic carbocycles. The zero-order chi connectivity index (χ0) is 8.72. The van der Waals surface area contributed by atoms with Gasteiger partial charge in [-0.1, -0.05) is 0 Å². The molecule has 0 bridgehead atoms. The Morgan fingerprint density at radius 1 is 1.50 bits per heavy atom. The van der Waals surface area contributed by atoms with Crippen LogP contribution in [0.1, 0.15) is 0 Å². The smallest absolute Gasteiger partial charge is 0.151 e. The summed E-state index contributed by atoms with van der Waals surface area (Å²) in [6.07, 6.45) is 1.56. The summed E-state index contributed by atoms with van der Waals surface area (Å²) in [5.41, 5.74) is 6.93. The normalized spacial score (nSPS) is 10.8. The van der Waals surface area contributed by atoms with Gasteiger partial charge in [0, 0.05) is 12.7 Å². The van der Waals surface area contributed by atoms with Gasteiger partial charge in [0.2, 0.25) is 0 Å². The lowest BCUT2D eigenvalue weighted by atomic mass is 10.2. The molecule has 62 valence electrons. The predicted molar refractivity (Wildman–Crippen MR) is 45.1 cm³/mol. The Hall–Kier alpha value is -1.58. The summed E-state index contributed by atoms with van der Waals surface area (Å²) >= 11 is 0. The maximum atomic E-state index is 13.2. The first kappa shape index (κ1) is 7.09. The molecule has 0 amide bonds. The molecule has 0 aliphatic heterocycles. The fourth-order valence-electron chi connectivity index (χ4n) is 1.26. The largest absolute Gasteiger partial charge is 0.399 e. The van der Waals surface area contributed by atoms with Crippen molar-refractivity contribution in [2.75, 3.05) is 5.73 Å². The number of hydrogen-bond donors (Lipinski definition) is 1. The number of hydrogen-bond acceptors (Lipinski definition) is 2. The highest BCUT2D eigenvalue weighted by atomic mass is 19.1. The maximum Gasteiger partial charge on any atom is 0.151 e. The van der Waals surface area contributed by atoms with E-state index >= 15 is 0 Å². The van der Waals surface area contributed by atoms with Crippen LogP contribution in [-0.2, 0) is 7.05 Å². The van der Waals surface area contributed by atoms with E-state index in [1.54, 1.807) is 24.0 Å². The lowest BCUT2D eigenvalue weighted by Gasteiger charge is -1.97. The van der Waals surface area contributed by atoms with Gasteiger partial charge in [-0.25, -0.2) is 9.37 Å². The second-order valence-electron chi connectivity index (χ2n) is 2.73. The molecule has 2 rings (SSSR count). The highest BCUT2D eigenvalue weighted by Crippen LogP contribution is 2.19. The van der Waals surface area contributed by atoms with Crippen molar-refractivity contribution >= 4 is 16.7 Å². The lowest BCUT2D eigenvalue weighted by molar-refractivity contribution is 0.632. The number of imidazole rings is 1. The van der Waals surface area contributed by atoms with E-state index < -0.39 is 0 Å². The molecule has 0 fully saturated rings. The minimum absolute atomic E-state index is 0.329. The van der Waals surface area contributed by atoms with E-state index in [4.69, 9.17) is 5.73 Å². The van der Waals surface area contributed by atoms with Crippen molar-refractivity contribution in [1.29, 1.82) is 0 Å². The number of halogens is 1. The molecule has 1 aromatic carbocycles. The number of fused-ring (bicyclic) bond motifs is 1. The van der Waals surface area contributed by atoms with Crippen molar-refractivity contribution in [3.63, 3.8) is 0 Å². The molecule has 2 aromatic rings. The molecular weight excluding hydrogens is 157 g/mol. The second-order valence-corrected chi connectivity index (χ2v) is 2.73. The van der Waals surface area contributed by atoms with Crippen LogP contribution in [0, 0.1) is 5.82 Å². The van der Waals surface area contributed by atoms with Crippen molar-refractivity contribution in [3.8, 4) is 0 Å². The monoisotopic (exact) mass is 165 g/mol. The number of nitrogen functional groups attached to an aromatic ring is 1. The molecule has 0 saturated carbocycles. The SMILES string of the molecule is Cn1cnc2cc(N)cc(F)c21. The van der Waals surface area contributed by atoms with Crippen LogP contribution in [-0.4, -0.2) is 9.55 Å². The van der Waals surface area contributed by atoms with Crippen LogP contribution in [0.25, 0.3) is 11.0 Å². The first-order chi connectivity index (χ1) is 5.68. The summed E-state index contributed by atoms with van der Waals surface area (Å²) in [4.78, 5) is 3.98. The number of anilines is 1. The molecule has 3 nitrogen and oxygen atoms in total. The Balaban J connectivity index is 2.93. The third-order valence-electron chi connectivity index (χ3n) is 1.79. The Morgan fingerprint density at radius 3 is 3.00 bits per heavy atom. The zero-order valence-corrected chi connectivity index (χ0v) is 6.58. The maximum absolute atomic E-state index is 13.2. The predicted octanol–water partition coefficient (Wildman–Crippen LogP) is 1.29. The average molecular weight is 165 g/mol. The average Bonchev–Trinajstić information content (AvgIpc) is 2.31. The molecule has 4 heteroatoms. The Morgan fingerprint density at radius 2 is 2.25 bits per heavy atom. The number of aromatic nitrogens is 2. The van der Waals surface area contributed by atoms with Crippen molar-refractivity contribution in [3.05, 3.63) is 24.3 Å². The third-order valence-corrected chi connectivity index (χ3v) is 1.79. The van der Waals surface area contributed by atoms with Gasteiger partial charge in [0.05, 0.1) is 11.8 Å². The van der Waals surface area contributed by atoms with Gasteiger partial charge in [-0.3, -0.25) is 0 Å². The van der Waals surface area contributed by atoms with Crippen LogP contribution in [0.15, 0.2) is 18.5 Å². The number of nitrogens with two attached hydrogens (primary N) is 1. The van der Waals surface area contributed by atoms with Crippen LogP contribution >= 0.6 is 0 Å². The molecule has 0 atom stereocenters.